The number of phenols is 1. The monoisotopic (exact) mass is 586 g/mol. The quantitative estimate of drug-likeness (QED) is 0.199. The Morgan fingerprint density at radius 2 is 1.43 bits per heavy atom. The molecule has 5 rings (SSSR count). The van der Waals surface area contributed by atoms with Gasteiger partial charge in [0.15, 0.2) is 0 Å². The average molecular weight is 587 g/mol. The number of phenolic OH excluding ortho intramolecular Hbond substituents is 1. The molecule has 0 spiro atoms. The fourth-order valence-electron chi connectivity index (χ4n) is 5.72. The summed E-state index contributed by atoms with van der Waals surface area (Å²) in [5.41, 5.74) is 5.18. The molecule has 5 nitrogen and oxygen atoms in total. The lowest BCUT2D eigenvalue weighted by Crippen LogP contribution is -2.61. The van der Waals surface area contributed by atoms with Crippen LogP contribution >= 0.6 is 11.6 Å². The van der Waals surface area contributed by atoms with Gasteiger partial charge in [0.05, 0.1) is 31.0 Å². The van der Waals surface area contributed by atoms with Gasteiger partial charge in [-0.2, -0.15) is 0 Å². The molecule has 220 valence electrons. The Bertz CT molecular complexity index is 1440. The van der Waals surface area contributed by atoms with E-state index in [0.29, 0.717) is 24.5 Å². The molecular formula is C36H39ClO5. The number of hydrogen-bond donors (Lipinski definition) is 2. The van der Waals surface area contributed by atoms with E-state index in [4.69, 9.17) is 25.8 Å². The molecule has 1 unspecified atom stereocenters. The molecule has 0 saturated carbocycles. The molecule has 6 heteroatoms. The maximum Gasteiger partial charge on any atom is 0.226 e. The first-order valence-electron chi connectivity index (χ1n) is 14.6. The molecule has 1 aliphatic rings. The minimum absolute atomic E-state index is 0.0961. The average Bonchev–Trinajstić information content (AvgIpc) is 3.00. The van der Waals surface area contributed by atoms with Gasteiger partial charge in [0.2, 0.25) is 5.79 Å². The molecule has 2 N–H and O–H groups in total. The Labute approximate surface area is 253 Å². The van der Waals surface area contributed by atoms with E-state index in [1.54, 1.807) is 6.07 Å². The van der Waals surface area contributed by atoms with Crippen molar-refractivity contribution in [2.45, 2.75) is 70.9 Å². The molecule has 42 heavy (non-hydrogen) atoms. The number of ether oxygens (including phenoxy) is 3. The predicted molar refractivity (Wildman–Crippen MR) is 165 cm³/mol. The topological polar surface area (TPSA) is 68.2 Å². The Morgan fingerprint density at radius 1 is 0.833 bits per heavy atom. The second kappa shape index (κ2) is 13.4. The van der Waals surface area contributed by atoms with Crippen molar-refractivity contribution in [2.75, 3.05) is 0 Å². The summed E-state index contributed by atoms with van der Waals surface area (Å²) in [5, 5.41) is 24.2. The lowest BCUT2D eigenvalue weighted by Gasteiger charge is -2.50. The number of benzene rings is 4. The first kappa shape index (κ1) is 30.3. The molecule has 0 aromatic heterocycles. The van der Waals surface area contributed by atoms with Gasteiger partial charge < -0.3 is 24.4 Å². The second-order valence-electron chi connectivity index (χ2n) is 11.2. The van der Waals surface area contributed by atoms with E-state index in [1.807, 2.05) is 74.5 Å². The molecule has 0 amide bonds. The van der Waals surface area contributed by atoms with Crippen LogP contribution in [0.2, 0.25) is 5.02 Å². The minimum Gasteiger partial charge on any atom is -0.507 e. The van der Waals surface area contributed by atoms with E-state index < -0.39 is 18.0 Å². The highest BCUT2D eigenvalue weighted by molar-refractivity contribution is 6.31. The van der Waals surface area contributed by atoms with E-state index in [-0.39, 0.29) is 29.9 Å². The van der Waals surface area contributed by atoms with Crippen molar-refractivity contribution in [1.82, 2.24) is 0 Å². The van der Waals surface area contributed by atoms with Gasteiger partial charge in [-0.1, -0.05) is 116 Å². The van der Waals surface area contributed by atoms with Crippen LogP contribution < -0.4 is 0 Å². The van der Waals surface area contributed by atoms with Crippen LogP contribution in [0.5, 0.6) is 5.75 Å². The van der Waals surface area contributed by atoms with Crippen LogP contribution in [0.25, 0.3) is 0 Å². The van der Waals surface area contributed by atoms with Gasteiger partial charge in [-0.05, 0) is 54.2 Å². The van der Waals surface area contributed by atoms with Crippen LogP contribution in [-0.2, 0) is 39.6 Å². The SMILES string of the molecule is CC[C@H]1OC(O)(c2cc(Cc3ccc(C)cc3)c(Cl)cc2O)[C@H](OCc2ccccc2)[C@@H](OCc2ccccc2)[C@@H]1C. The van der Waals surface area contributed by atoms with Gasteiger partial charge in [-0.3, -0.25) is 0 Å². The van der Waals surface area contributed by atoms with E-state index in [2.05, 4.69) is 31.2 Å². The fourth-order valence-corrected chi connectivity index (χ4v) is 5.94. The molecule has 0 radical (unpaired) electrons. The van der Waals surface area contributed by atoms with Crippen LogP contribution in [0.1, 0.15) is 53.6 Å². The standard InChI is InChI=1S/C36H39ClO5/c1-4-33-25(3)34(40-22-27-11-7-5-8-12-27)35(41-23-28-13-9-6-10-14-28)36(39,42-33)30-20-29(31(37)21-32(30)38)19-26-17-15-24(2)16-18-26/h5-18,20-21,25,33-35,38-39H,4,19,22-23H2,1-3H3/t25-,33-,34+,35-,36?/m1/s1. The maximum atomic E-state index is 12.5. The van der Waals surface area contributed by atoms with Crippen LogP contribution in [0.4, 0.5) is 0 Å². The van der Waals surface area contributed by atoms with Crippen molar-refractivity contribution in [3.8, 4) is 5.75 Å². The van der Waals surface area contributed by atoms with Gasteiger partial charge in [-0.15, -0.1) is 0 Å². The lowest BCUT2D eigenvalue weighted by atomic mass is 9.81. The number of aromatic hydroxyl groups is 1. The highest BCUT2D eigenvalue weighted by Gasteiger charge is 2.56. The molecule has 4 aromatic rings. The molecule has 1 aliphatic heterocycles. The number of aryl methyl sites for hydroxylation is 1. The van der Waals surface area contributed by atoms with Crippen molar-refractivity contribution >= 4 is 11.6 Å². The van der Waals surface area contributed by atoms with Gasteiger partial charge in [-0.25, -0.2) is 0 Å². The Balaban J connectivity index is 1.55. The first-order valence-corrected chi connectivity index (χ1v) is 14.9. The summed E-state index contributed by atoms with van der Waals surface area (Å²) < 4.78 is 19.6. The van der Waals surface area contributed by atoms with Gasteiger partial charge in [0.25, 0.3) is 0 Å². The molecule has 5 atom stereocenters. The number of hydrogen-bond acceptors (Lipinski definition) is 5. The molecule has 1 fully saturated rings. The molecule has 0 aliphatic carbocycles. The Kier molecular flexibility index (Phi) is 9.67. The van der Waals surface area contributed by atoms with Crippen LogP contribution in [0.3, 0.4) is 0 Å². The van der Waals surface area contributed by atoms with Crippen LogP contribution in [0, 0.1) is 12.8 Å². The molecule has 0 bridgehead atoms. The van der Waals surface area contributed by atoms with E-state index in [0.717, 1.165) is 22.3 Å². The summed E-state index contributed by atoms with van der Waals surface area (Å²) in [5.74, 6) is -2.25. The first-order chi connectivity index (χ1) is 20.3. The van der Waals surface area contributed by atoms with Crippen LogP contribution in [0.15, 0.2) is 97.1 Å². The molecule has 4 aromatic carbocycles. The van der Waals surface area contributed by atoms with Crippen molar-refractivity contribution in [3.63, 3.8) is 0 Å². The van der Waals surface area contributed by atoms with Gasteiger partial charge in [0.1, 0.15) is 11.9 Å². The zero-order valence-corrected chi connectivity index (χ0v) is 25.1. The predicted octanol–water partition coefficient (Wildman–Crippen LogP) is 7.71. The van der Waals surface area contributed by atoms with Gasteiger partial charge in [0, 0.05) is 10.9 Å². The molecular weight excluding hydrogens is 548 g/mol. The molecule has 1 saturated heterocycles. The maximum absolute atomic E-state index is 12.5. The third kappa shape index (κ3) is 6.72. The van der Waals surface area contributed by atoms with Crippen molar-refractivity contribution in [2.24, 2.45) is 5.92 Å². The van der Waals surface area contributed by atoms with E-state index in [1.165, 1.54) is 11.6 Å². The highest BCUT2D eigenvalue weighted by atomic mass is 35.5. The largest absolute Gasteiger partial charge is 0.507 e. The van der Waals surface area contributed by atoms with Crippen molar-refractivity contribution in [3.05, 3.63) is 135 Å². The summed E-state index contributed by atoms with van der Waals surface area (Å²) in [7, 11) is 0. The van der Waals surface area contributed by atoms with Crippen LogP contribution in [-0.4, -0.2) is 28.5 Å². The zero-order valence-electron chi connectivity index (χ0n) is 24.4. The number of halogens is 1. The second-order valence-corrected chi connectivity index (χ2v) is 11.6. The van der Waals surface area contributed by atoms with Gasteiger partial charge >= 0.3 is 0 Å². The summed E-state index contributed by atoms with van der Waals surface area (Å²) in [6, 6.07) is 31.2. The summed E-state index contributed by atoms with van der Waals surface area (Å²) in [4.78, 5) is 0. The lowest BCUT2D eigenvalue weighted by molar-refractivity contribution is -0.361. The molecule has 1 heterocycles. The highest BCUT2D eigenvalue weighted by Crippen LogP contribution is 2.46. The van der Waals surface area contributed by atoms with E-state index >= 15 is 0 Å². The van der Waals surface area contributed by atoms with E-state index in [9.17, 15) is 10.2 Å². The van der Waals surface area contributed by atoms with Crippen molar-refractivity contribution in [1.29, 1.82) is 0 Å². The summed E-state index contributed by atoms with van der Waals surface area (Å²) >= 11 is 6.63. The zero-order chi connectivity index (χ0) is 29.7. The number of aliphatic hydroxyl groups is 1. The normalized spacial score (nSPS) is 24.0. The minimum atomic E-state index is -2.00. The summed E-state index contributed by atoms with van der Waals surface area (Å²) in [6.07, 6.45) is -0.653. The summed E-state index contributed by atoms with van der Waals surface area (Å²) in [6.45, 7) is 6.70. The Hall–Kier alpha value is -3.19. The third-order valence-corrected chi connectivity index (χ3v) is 8.50. The third-order valence-electron chi connectivity index (χ3n) is 8.15. The smallest absolute Gasteiger partial charge is 0.226 e. The number of rotatable bonds is 10. The Morgan fingerprint density at radius 3 is 2.02 bits per heavy atom. The van der Waals surface area contributed by atoms with Crippen molar-refractivity contribution < 1.29 is 24.4 Å². The fraction of sp³-hybridized carbons (Fsp3) is 0.333.